The number of ether oxygens (including phenoxy) is 3. The van der Waals surface area contributed by atoms with Crippen LogP contribution in [0.3, 0.4) is 0 Å². The third kappa shape index (κ3) is 4.07. The van der Waals surface area contributed by atoms with Crippen molar-refractivity contribution in [2.45, 2.75) is 26.5 Å². The number of rotatable bonds is 7. The number of hydrogen-bond donors (Lipinski definition) is 1. The molecule has 2 aromatic rings. The summed E-state index contributed by atoms with van der Waals surface area (Å²) in [4.78, 5) is 0. The molecule has 0 spiro atoms. The van der Waals surface area contributed by atoms with E-state index in [-0.39, 0.29) is 6.10 Å². The Hall–Kier alpha value is -2.36. The molecule has 0 heterocycles. The number of hydrogen-bond acceptors (Lipinski definition) is 4. The van der Waals surface area contributed by atoms with Gasteiger partial charge in [0.1, 0.15) is 17.2 Å². The van der Waals surface area contributed by atoms with Crippen LogP contribution in [0, 0.1) is 0 Å². The van der Waals surface area contributed by atoms with Gasteiger partial charge in [0.15, 0.2) is 0 Å². The molecule has 0 aliphatic rings. The molecule has 0 bridgehead atoms. The molecule has 2 rings (SSSR count). The van der Waals surface area contributed by atoms with Crippen molar-refractivity contribution in [3.8, 4) is 17.2 Å². The zero-order valence-electron chi connectivity index (χ0n) is 13.6. The predicted molar refractivity (Wildman–Crippen MR) is 89.1 cm³/mol. The molecule has 4 nitrogen and oxygen atoms in total. The van der Waals surface area contributed by atoms with E-state index >= 15 is 0 Å². The fraction of sp³-hybridized carbons (Fsp3) is 0.333. The van der Waals surface area contributed by atoms with E-state index in [1.54, 1.807) is 14.2 Å². The summed E-state index contributed by atoms with van der Waals surface area (Å²) in [5, 5.41) is 3.40. The van der Waals surface area contributed by atoms with Crippen molar-refractivity contribution in [3.63, 3.8) is 0 Å². The summed E-state index contributed by atoms with van der Waals surface area (Å²) in [5.41, 5.74) is 1.99. The first-order chi connectivity index (χ1) is 10.6. The Labute approximate surface area is 132 Å². The summed E-state index contributed by atoms with van der Waals surface area (Å²) >= 11 is 0. The van der Waals surface area contributed by atoms with Crippen molar-refractivity contribution in [3.05, 3.63) is 48.0 Å². The monoisotopic (exact) mass is 301 g/mol. The van der Waals surface area contributed by atoms with Gasteiger partial charge in [0.05, 0.1) is 26.0 Å². The predicted octanol–water partition coefficient (Wildman–Crippen LogP) is 4.10. The number of para-hydroxylation sites is 2. The average Bonchev–Trinajstić information content (AvgIpc) is 2.53. The van der Waals surface area contributed by atoms with Crippen LogP contribution in [0.1, 0.15) is 19.4 Å². The standard InChI is InChI=1S/C18H23NO3/c1-13(2)22-18-8-6-5-7-16(18)19-12-14-11-15(20-3)9-10-17(14)21-4/h5-11,13,19H,12H2,1-4H3. The quantitative estimate of drug-likeness (QED) is 0.835. The molecule has 118 valence electrons. The van der Waals surface area contributed by atoms with Crippen LogP contribution in [0.4, 0.5) is 5.69 Å². The molecular formula is C18H23NO3. The lowest BCUT2D eigenvalue weighted by atomic mass is 10.1. The van der Waals surface area contributed by atoms with Gasteiger partial charge in [-0.3, -0.25) is 0 Å². The van der Waals surface area contributed by atoms with Crippen molar-refractivity contribution >= 4 is 5.69 Å². The summed E-state index contributed by atoms with van der Waals surface area (Å²) in [6, 6.07) is 13.7. The van der Waals surface area contributed by atoms with E-state index in [1.165, 1.54) is 0 Å². The minimum Gasteiger partial charge on any atom is -0.497 e. The highest BCUT2D eigenvalue weighted by molar-refractivity contribution is 5.57. The molecule has 0 saturated carbocycles. The Morgan fingerprint density at radius 2 is 1.73 bits per heavy atom. The highest BCUT2D eigenvalue weighted by atomic mass is 16.5. The topological polar surface area (TPSA) is 39.7 Å². The average molecular weight is 301 g/mol. The Morgan fingerprint density at radius 1 is 0.955 bits per heavy atom. The lowest BCUT2D eigenvalue weighted by Gasteiger charge is -2.16. The van der Waals surface area contributed by atoms with Crippen LogP contribution < -0.4 is 19.5 Å². The van der Waals surface area contributed by atoms with E-state index < -0.39 is 0 Å². The van der Waals surface area contributed by atoms with Crippen molar-refractivity contribution in [1.29, 1.82) is 0 Å². The molecule has 1 N–H and O–H groups in total. The van der Waals surface area contributed by atoms with Gasteiger partial charge in [-0.2, -0.15) is 0 Å². The molecule has 0 saturated heterocycles. The summed E-state index contributed by atoms with van der Waals surface area (Å²) in [6.07, 6.45) is 0.134. The fourth-order valence-corrected chi connectivity index (χ4v) is 2.18. The highest BCUT2D eigenvalue weighted by Gasteiger charge is 2.08. The largest absolute Gasteiger partial charge is 0.497 e. The first-order valence-electron chi connectivity index (χ1n) is 7.34. The Balaban J connectivity index is 2.16. The second-order valence-electron chi connectivity index (χ2n) is 5.19. The first-order valence-corrected chi connectivity index (χ1v) is 7.34. The van der Waals surface area contributed by atoms with E-state index in [0.29, 0.717) is 6.54 Å². The van der Waals surface area contributed by atoms with Crippen molar-refractivity contribution in [2.24, 2.45) is 0 Å². The van der Waals surface area contributed by atoms with E-state index in [1.807, 2.05) is 56.3 Å². The smallest absolute Gasteiger partial charge is 0.142 e. The van der Waals surface area contributed by atoms with Gasteiger partial charge in [0.25, 0.3) is 0 Å². The Kier molecular flexibility index (Phi) is 5.53. The molecule has 0 radical (unpaired) electrons. The maximum absolute atomic E-state index is 5.82. The molecule has 2 aromatic carbocycles. The van der Waals surface area contributed by atoms with Gasteiger partial charge in [-0.25, -0.2) is 0 Å². The SMILES string of the molecule is COc1ccc(OC)c(CNc2ccccc2OC(C)C)c1. The van der Waals surface area contributed by atoms with E-state index in [0.717, 1.165) is 28.5 Å². The van der Waals surface area contributed by atoms with E-state index in [4.69, 9.17) is 14.2 Å². The summed E-state index contributed by atoms with van der Waals surface area (Å²) in [6.45, 7) is 4.66. The summed E-state index contributed by atoms with van der Waals surface area (Å²) < 4.78 is 16.5. The summed E-state index contributed by atoms with van der Waals surface area (Å²) in [7, 11) is 3.33. The molecular weight excluding hydrogens is 278 g/mol. The number of nitrogens with one attached hydrogen (secondary N) is 1. The summed E-state index contributed by atoms with van der Waals surface area (Å²) in [5.74, 6) is 2.49. The van der Waals surface area contributed by atoms with Crippen LogP contribution in [0.5, 0.6) is 17.2 Å². The van der Waals surface area contributed by atoms with Crippen LogP contribution in [-0.2, 0) is 6.54 Å². The van der Waals surface area contributed by atoms with E-state index in [9.17, 15) is 0 Å². The molecule has 0 fully saturated rings. The second kappa shape index (κ2) is 7.59. The molecule has 22 heavy (non-hydrogen) atoms. The molecule has 0 amide bonds. The highest BCUT2D eigenvalue weighted by Crippen LogP contribution is 2.28. The van der Waals surface area contributed by atoms with Gasteiger partial charge >= 0.3 is 0 Å². The molecule has 0 aliphatic heterocycles. The molecule has 0 aliphatic carbocycles. The number of benzene rings is 2. The van der Waals surface area contributed by atoms with Crippen LogP contribution in [-0.4, -0.2) is 20.3 Å². The van der Waals surface area contributed by atoms with Crippen molar-refractivity contribution in [2.75, 3.05) is 19.5 Å². The van der Waals surface area contributed by atoms with Crippen LogP contribution in [0.25, 0.3) is 0 Å². The minimum atomic E-state index is 0.134. The van der Waals surface area contributed by atoms with Crippen molar-refractivity contribution < 1.29 is 14.2 Å². The lowest BCUT2D eigenvalue weighted by Crippen LogP contribution is -2.09. The molecule has 4 heteroatoms. The van der Waals surface area contributed by atoms with Gasteiger partial charge in [-0.1, -0.05) is 12.1 Å². The van der Waals surface area contributed by atoms with Crippen molar-refractivity contribution in [1.82, 2.24) is 0 Å². The molecule has 0 aromatic heterocycles. The molecule has 0 unspecified atom stereocenters. The van der Waals surface area contributed by atoms with Crippen LogP contribution >= 0.6 is 0 Å². The van der Waals surface area contributed by atoms with E-state index in [2.05, 4.69) is 5.32 Å². The van der Waals surface area contributed by atoms with Gasteiger partial charge in [0.2, 0.25) is 0 Å². The molecule has 0 atom stereocenters. The lowest BCUT2D eigenvalue weighted by molar-refractivity contribution is 0.243. The third-order valence-electron chi connectivity index (χ3n) is 3.21. The zero-order valence-corrected chi connectivity index (χ0v) is 13.6. The Morgan fingerprint density at radius 3 is 2.41 bits per heavy atom. The maximum atomic E-state index is 5.82. The first kappa shape index (κ1) is 16.0. The maximum Gasteiger partial charge on any atom is 0.142 e. The normalized spacial score (nSPS) is 10.4. The Bertz CT molecular complexity index is 611. The van der Waals surface area contributed by atoms with Crippen LogP contribution in [0.2, 0.25) is 0 Å². The minimum absolute atomic E-state index is 0.134. The van der Waals surface area contributed by atoms with Gasteiger partial charge < -0.3 is 19.5 Å². The van der Waals surface area contributed by atoms with Gasteiger partial charge in [0, 0.05) is 12.1 Å². The number of methoxy groups -OCH3 is 2. The van der Waals surface area contributed by atoms with Gasteiger partial charge in [-0.15, -0.1) is 0 Å². The second-order valence-corrected chi connectivity index (χ2v) is 5.19. The van der Waals surface area contributed by atoms with Crippen LogP contribution in [0.15, 0.2) is 42.5 Å². The third-order valence-corrected chi connectivity index (χ3v) is 3.21. The number of anilines is 1. The fourth-order valence-electron chi connectivity index (χ4n) is 2.18. The zero-order chi connectivity index (χ0) is 15.9. The van der Waals surface area contributed by atoms with Gasteiger partial charge in [-0.05, 0) is 44.2 Å².